The van der Waals surface area contributed by atoms with Crippen LogP contribution in [0.5, 0.6) is 0 Å². The van der Waals surface area contributed by atoms with E-state index in [0.717, 1.165) is 6.08 Å². The molecule has 0 aliphatic carbocycles. The van der Waals surface area contributed by atoms with Crippen LogP contribution < -0.4 is 0 Å². The van der Waals surface area contributed by atoms with Crippen molar-refractivity contribution in [3.63, 3.8) is 0 Å². The summed E-state index contributed by atoms with van der Waals surface area (Å²) >= 11 is 0. The zero-order chi connectivity index (χ0) is 9.99. The van der Waals surface area contributed by atoms with E-state index in [0.29, 0.717) is 0 Å². The zero-order valence-corrected chi connectivity index (χ0v) is 7.41. The smallest absolute Gasteiger partial charge is 0.193 e. The second-order valence-electron chi connectivity index (χ2n) is 1.91. The van der Waals surface area contributed by atoms with Crippen LogP contribution in [0.25, 0.3) is 0 Å². The Labute approximate surface area is 69.3 Å². The molecule has 0 atom stereocenters. The van der Waals surface area contributed by atoms with E-state index in [1.807, 2.05) is 0 Å². The average molecular weight is 220 g/mol. The SMILES string of the molecule is C=CCC(S(=O)(=O)F)S(=O)(=O)F. The molecule has 0 aliphatic heterocycles. The van der Waals surface area contributed by atoms with Gasteiger partial charge in [-0.1, -0.05) is 6.08 Å². The lowest BCUT2D eigenvalue weighted by Gasteiger charge is -2.03. The third-order valence-electron chi connectivity index (χ3n) is 0.987. The fraction of sp³-hybridized carbons (Fsp3) is 0.500. The van der Waals surface area contributed by atoms with E-state index >= 15 is 0 Å². The molecule has 0 fully saturated rings. The summed E-state index contributed by atoms with van der Waals surface area (Å²) in [6.45, 7) is 2.97. The van der Waals surface area contributed by atoms with Crippen LogP contribution >= 0.6 is 0 Å². The highest BCUT2D eigenvalue weighted by Crippen LogP contribution is 2.17. The lowest BCUT2D eigenvalue weighted by molar-refractivity contribution is 0.525. The second kappa shape index (κ2) is 3.48. The van der Waals surface area contributed by atoms with Crippen LogP contribution in [0, 0.1) is 0 Å². The largest absolute Gasteiger partial charge is 0.322 e. The Hall–Kier alpha value is -0.500. The molecule has 72 valence electrons. The molecule has 8 heteroatoms. The highest BCUT2D eigenvalue weighted by atomic mass is 32.3. The van der Waals surface area contributed by atoms with E-state index in [-0.39, 0.29) is 0 Å². The molecule has 0 aromatic carbocycles. The highest BCUT2D eigenvalue weighted by molar-refractivity contribution is 8.04. The van der Waals surface area contributed by atoms with Gasteiger partial charge in [0.25, 0.3) is 0 Å². The summed E-state index contributed by atoms with van der Waals surface area (Å²) < 4.78 is 61.5. The summed E-state index contributed by atoms with van der Waals surface area (Å²) in [5, 5.41) is 0. The fourth-order valence-corrected chi connectivity index (χ4v) is 2.33. The fourth-order valence-electron chi connectivity index (χ4n) is 0.503. The Bertz CT molecular complexity index is 323. The summed E-state index contributed by atoms with van der Waals surface area (Å²) in [5.41, 5.74) is 0. The monoisotopic (exact) mass is 220 g/mol. The second-order valence-corrected chi connectivity index (χ2v) is 5.24. The third kappa shape index (κ3) is 3.26. The van der Waals surface area contributed by atoms with Crippen molar-refractivity contribution in [3.05, 3.63) is 12.7 Å². The van der Waals surface area contributed by atoms with Crippen LogP contribution in [0.4, 0.5) is 7.77 Å². The zero-order valence-electron chi connectivity index (χ0n) is 5.77. The quantitative estimate of drug-likeness (QED) is 0.510. The average Bonchev–Trinajstić information content (AvgIpc) is 1.77. The normalized spacial score (nSPS) is 13.2. The number of rotatable bonds is 4. The predicted octanol–water partition coefficient (Wildman–Crippen LogP) is 0.487. The predicted molar refractivity (Wildman–Crippen MR) is 38.7 cm³/mol. The van der Waals surface area contributed by atoms with Crippen molar-refractivity contribution >= 4 is 20.4 Å². The van der Waals surface area contributed by atoms with Gasteiger partial charge in [0, 0.05) is 6.42 Å². The molecule has 0 bridgehead atoms. The highest BCUT2D eigenvalue weighted by Gasteiger charge is 2.36. The van der Waals surface area contributed by atoms with E-state index in [1.165, 1.54) is 0 Å². The van der Waals surface area contributed by atoms with Gasteiger partial charge in [-0.2, -0.15) is 16.8 Å². The van der Waals surface area contributed by atoms with Crippen LogP contribution in [0.15, 0.2) is 12.7 Å². The number of hydrogen-bond acceptors (Lipinski definition) is 4. The van der Waals surface area contributed by atoms with Gasteiger partial charge in [-0.25, -0.2) is 0 Å². The van der Waals surface area contributed by atoms with E-state index in [2.05, 4.69) is 6.58 Å². The van der Waals surface area contributed by atoms with Gasteiger partial charge >= 0.3 is 20.4 Å². The first-order chi connectivity index (χ1) is 5.19. The molecular formula is C4H6F2O4S2. The van der Waals surface area contributed by atoms with E-state index in [9.17, 15) is 24.6 Å². The molecule has 0 spiro atoms. The van der Waals surface area contributed by atoms with Gasteiger partial charge in [0.05, 0.1) is 0 Å². The lowest BCUT2D eigenvalue weighted by Crippen LogP contribution is -2.23. The van der Waals surface area contributed by atoms with Crippen LogP contribution in [0.2, 0.25) is 0 Å². The molecule has 12 heavy (non-hydrogen) atoms. The Balaban J connectivity index is 5.09. The maximum atomic E-state index is 12.0. The van der Waals surface area contributed by atoms with Crippen LogP contribution in [-0.4, -0.2) is 21.4 Å². The standard InChI is InChI=1S/C4H6F2O4S2/c1-2-3-4(11(5,7)8)12(6,9)10/h2,4H,1,3H2. The van der Waals surface area contributed by atoms with Crippen LogP contribution in [0.3, 0.4) is 0 Å². The molecule has 0 aromatic heterocycles. The van der Waals surface area contributed by atoms with E-state index in [4.69, 9.17) is 0 Å². The molecule has 0 amide bonds. The Morgan fingerprint density at radius 1 is 1.17 bits per heavy atom. The molecule has 0 radical (unpaired) electrons. The minimum Gasteiger partial charge on any atom is -0.193 e. The van der Waals surface area contributed by atoms with Gasteiger partial charge in [0.2, 0.25) is 4.58 Å². The van der Waals surface area contributed by atoms with Crippen molar-refractivity contribution < 1.29 is 24.6 Å². The Kier molecular flexibility index (Phi) is 3.34. The summed E-state index contributed by atoms with van der Waals surface area (Å²) in [7, 11) is -10.8. The molecule has 0 aromatic rings. The number of allylic oxidation sites excluding steroid dienone is 1. The first-order valence-corrected chi connectivity index (χ1v) is 5.56. The third-order valence-corrected chi connectivity index (χ3v) is 4.01. The molecule has 0 aliphatic rings. The molecular weight excluding hydrogens is 214 g/mol. The minimum absolute atomic E-state index is 0.804. The Morgan fingerprint density at radius 3 is 1.58 bits per heavy atom. The van der Waals surface area contributed by atoms with Gasteiger partial charge in [-0.15, -0.1) is 14.4 Å². The molecule has 4 nitrogen and oxygen atoms in total. The molecule has 0 saturated heterocycles. The van der Waals surface area contributed by atoms with Crippen LogP contribution in [0.1, 0.15) is 6.42 Å². The first-order valence-electron chi connectivity index (χ1n) is 2.67. The summed E-state index contributed by atoms with van der Waals surface area (Å²) in [6, 6.07) is 0. The van der Waals surface area contributed by atoms with Crippen molar-refractivity contribution in [2.24, 2.45) is 0 Å². The lowest BCUT2D eigenvalue weighted by atomic mass is 10.5. The maximum absolute atomic E-state index is 12.0. The Morgan fingerprint density at radius 2 is 1.50 bits per heavy atom. The first kappa shape index (κ1) is 11.5. The van der Waals surface area contributed by atoms with Gasteiger partial charge in [0.15, 0.2) is 0 Å². The molecule has 0 saturated carbocycles. The van der Waals surface area contributed by atoms with Crippen molar-refractivity contribution in [3.8, 4) is 0 Å². The van der Waals surface area contributed by atoms with Crippen molar-refractivity contribution in [1.29, 1.82) is 0 Å². The van der Waals surface area contributed by atoms with Crippen molar-refractivity contribution in [2.45, 2.75) is 11.0 Å². The number of halogens is 2. The van der Waals surface area contributed by atoms with Crippen molar-refractivity contribution in [2.75, 3.05) is 0 Å². The van der Waals surface area contributed by atoms with Crippen molar-refractivity contribution in [1.82, 2.24) is 0 Å². The van der Waals surface area contributed by atoms with Gasteiger partial charge in [0.1, 0.15) is 0 Å². The maximum Gasteiger partial charge on any atom is 0.322 e. The summed E-state index contributed by atoms with van der Waals surface area (Å²) in [5.74, 6) is 0. The van der Waals surface area contributed by atoms with Crippen LogP contribution in [-0.2, 0) is 20.4 Å². The van der Waals surface area contributed by atoms with Gasteiger partial charge in [-0.3, -0.25) is 0 Å². The summed E-state index contributed by atoms with van der Waals surface area (Å²) in [4.78, 5) is 0. The topological polar surface area (TPSA) is 68.3 Å². The molecule has 0 heterocycles. The van der Waals surface area contributed by atoms with E-state index < -0.39 is 31.4 Å². The molecule has 0 unspecified atom stereocenters. The number of hydrogen-bond donors (Lipinski definition) is 0. The van der Waals surface area contributed by atoms with Gasteiger partial charge < -0.3 is 0 Å². The summed E-state index contributed by atoms with van der Waals surface area (Å²) in [6.07, 6.45) is -0.00338. The molecule has 0 rings (SSSR count). The minimum atomic E-state index is -5.42. The van der Waals surface area contributed by atoms with E-state index in [1.54, 1.807) is 0 Å². The molecule has 0 N–H and O–H groups in total. The van der Waals surface area contributed by atoms with Gasteiger partial charge in [-0.05, 0) is 0 Å².